The predicted molar refractivity (Wildman–Crippen MR) is 70.2 cm³/mol. The lowest BCUT2D eigenvalue weighted by molar-refractivity contribution is -0.137. The normalized spacial score (nSPS) is 11.8. The van der Waals surface area contributed by atoms with Crippen molar-refractivity contribution in [1.29, 1.82) is 0 Å². The molecule has 0 saturated carbocycles. The van der Waals surface area contributed by atoms with Crippen molar-refractivity contribution in [3.63, 3.8) is 0 Å². The fourth-order valence-electron chi connectivity index (χ4n) is 1.74. The van der Waals surface area contributed by atoms with Gasteiger partial charge < -0.3 is 5.32 Å². The molecule has 0 aliphatic heterocycles. The molecule has 102 valence electrons. The van der Waals surface area contributed by atoms with Crippen molar-refractivity contribution >= 4 is 11.3 Å². The van der Waals surface area contributed by atoms with Gasteiger partial charge in [0.15, 0.2) is 0 Å². The van der Waals surface area contributed by atoms with E-state index in [4.69, 9.17) is 0 Å². The van der Waals surface area contributed by atoms with E-state index in [2.05, 4.69) is 10.3 Å². The van der Waals surface area contributed by atoms with E-state index in [1.54, 1.807) is 11.4 Å². The Balaban J connectivity index is 2.34. The van der Waals surface area contributed by atoms with Crippen molar-refractivity contribution in [1.82, 2.24) is 10.3 Å². The molecular formula is C13H13F3N2S. The number of alkyl halides is 3. The molecule has 1 N–H and O–H groups in total. The van der Waals surface area contributed by atoms with Gasteiger partial charge in [0.2, 0.25) is 0 Å². The molecule has 0 aliphatic carbocycles. The van der Waals surface area contributed by atoms with Gasteiger partial charge in [-0.25, -0.2) is 4.98 Å². The second-order valence-electron chi connectivity index (χ2n) is 4.02. The van der Waals surface area contributed by atoms with Crippen molar-refractivity contribution in [2.45, 2.75) is 12.6 Å². The standard InChI is InChI=1S/C13H13F3N2S/c1-17-7-6-12-18-11(8-19-12)9-4-2-3-5-10(9)13(14,15)16/h2-5,8,17H,6-7H2,1H3. The molecule has 1 heterocycles. The van der Waals surface area contributed by atoms with E-state index >= 15 is 0 Å². The predicted octanol–water partition coefficient (Wildman–Crippen LogP) is 3.59. The quantitative estimate of drug-likeness (QED) is 0.929. The average molecular weight is 286 g/mol. The summed E-state index contributed by atoms with van der Waals surface area (Å²) in [5, 5.41) is 5.50. The largest absolute Gasteiger partial charge is 0.417 e. The first-order valence-electron chi connectivity index (χ1n) is 5.78. The number of halogens is 3. The highest BCUT2D eigenvalue weighted by Crippen LogP contribution is 2.37. The van der Waals surface area contributed by atoms with Gasteiger partial charge in [-0.1, -0.05) is 18.2 Å². The Morgan fingerprint density at radius 3 is 2.68 bits per heavy atom. The number of hydrogen-bond acceptors (Lipinski definition) is 3. The number of benzene rings is 1. The molecule has 0 spiro atoms. The molecule has 0 aliphatic rings. The second-order valence-corrected chi connectivity index (χ2v) is 4.97. The molecule has 0 fully saturated rings. The van der Waals surface area contributed by atoms with E-state index in [-0.39, 0.29) is 5.56 Å². The molecule has 0 saturated heterocycles. The fourth-order valence-corrected chi connectivity index (χ4v) is 2.53. The molecule has 2 rings (SSSR count). The van der Waals surface area contributed by atoms with Crippen molar-refractivity contribution in [2.24, 2.45) is 0 Å². The monoisotopic (exact) mass is 286 g/mol. The Morgan fingerprint density at radius 2 is 2.00 bits per heavy atom. The second kappa shape index (κ2) is 5.71. The van der Waals surface area contributed by atoms with E-state index in [1.165, 1.54) is 23.5 Å². The topological polar surface area (TPSA) is 24.9 Å². The van der Waals surface area contributed by atoms with Gasteiger partial charge in [0.1, 0.15) is 0 Å². The van der Waals surface area contributed by atoms with Crippen LogP contribution in [0.25, 0.3) is 11.3 Å². The third-order valence-corrected chi connectivity index (χ3v) is 3.56. The summed E-state index contributed by atoms with van der Waals surface area (Å²) in [5.74, 6) is 0. The van der Waals surface area contributed by atoms with Crippen LogP contribution in [0.15, 0.2) is 29.6 Å². The minimum atomic E-state index is -4.36. The van der Waals surface area contributed by atoms with Crippen LogP contribution in [0.1, 0.15) is 10.6 Å². The average Bonchev–Trinajstić information content (AvgIpc) is 2.84. The number of nitrogens with zero attached hydrogens (tertiary/aromatic N) is 1. The van der Waals surface area contributed by atoms with Gasteiger partial charge in [-0.2, -0.15) is 13.2 Å². The summed E-state index contributed by atoms with van der Waals surface area (Å²) in [6.45, 7) is 0.758. The van der Waals surface area contributed by atoms with Crippen LogP contribution in [0.2, 0.25) is 0 Å². The van der Waals surface area contributed by atoms with E-state index in [1.807, 2.05) is 7.05 Å². The first kappa shape index (κ1) is 14.0. The van der Waals surface area contributed by atoms with E-state index < -0.39 is 11.7 Å². The van der Waals surface area contributed by atoms with Crippen molar-refractivity contribution in [3.05, 3.63) is 40.2 Å². The Hall–Kier alpha value is -1.40. The third kappa shape index (κ3) is 3.33. The van der Waals surface area contributed by atoms with Crippen LogP contribution in [0, 0.1) is 0 Å². The van der Waals surface area contributed by atoms with Crippen molar-refractivity contribution in [2.75, 3.05) is 13.6 Å². The lowest BCUT2D eigenvalue weighted by Gasteiger charge is -2.10. The highest BCUT2D eigenvalue weighted by molar-refractivity contribution is 7.09. The lowest BCUT2D eigenvalue weighted by Crippen LogP contribution is -2.10. The van der Waals surface area contributed by atoms with Gasteiger partial charge in [0.05, 0.1) is 16.3 Å². The minimum Gasteiger partial charge on any atom is -0.319 e. The first-order valence-corrected chi connectivity index (χ1v) is 6.66. The summed E-state index contributed by atoms with van der Waals surface area (Å²) in [4.78, 5) is 4.27. The maximum atomic E-state index is 12.9. The molecule has 1 aromatic heterocycles. The van der Waals surface area contributed by atoms with Gasteiger partial charge in [0.25, 0.3) is 0 Å². The molecule has 0 radical (unpaired) electrons. The molecular weight excluding hydrogens is 273 g/mol. The summed E-state index contributed by atoms with van der Waals surface area (Å²) in [7, 11) is 1.83. The number of thiazole rings is 1. The van der Waals surface area contributed by atoms with Gasteiger partial charge in [-0.15, -0.1) is 11.3 Å². The van der Waals surface area contributed by atoms with Gasteiger partial charge in [-0.3, -0.25) is 0 Å². The van der Waals surface area contributed by atoms with Crippen LogP contribution in [0.4, 0.5) is 13.2 Å². The third-order valence-electron chi connectivity index (χ3n) is 2.65. The maximum Gasteiger partial charge on any atom is 0.417 e. The number of likely N-dealkylation sites (N-methyl/N-ethyl adjacent to an activating group) is 1. The summed E-state index contributed by atoms with van der Waals surface area (Å²) < 4.78 is 38.7. The van der Waals surface area contributed by atoms with Crippen LogP contribution in [-0.4, -0.2) is 18.6 Å². The minimum absolute atomic E-state index is 0.141. The molecule has 2 aromatic rings. The van der Waals surface area contributed by atoms with Crippen LogP contribution >= 0.6 is 11.3 Å². The smallest absolute Gasteiger partial charge is 0.319 e. The maximum absolute atomic E-state index is 12.9. The van der Waals surface area contributed by atoms with Crippen molar-refractivity contribution in [3.8, 4) is 11.3 Å². The van der Waals surface area contributed by atoms with Gasteiger partial charge >= 0.3 is 6.18 Å². The summed E-state index contributed by atoms with van der Waals surface area (Å²) in [6, 6.07) is 5.53. The summed E-state index contributed by atoms with van der Waals surface area (Å²) in [5.41, 5.74) is -0.105. The number of hydrogen-bond donors (Lipinski definition) is 1. The number of rotatable bonds is 4. The highest BCUT2D eigenvalue weighted by Gasteiger charge is 2.33. The molecule has 6 heteroatoms. The molecule has 1 aromatic carbocycles. The van der Waals surface area contributed by atoms with E-state index in [9.17, 15) is 13.2 Å². The molecule has 0 amide bonds. The molecule has 2 nitrogen and oxygen atoms in total. The Morgan fingerprint density at radius 1 is 1.26 bits per heavy atom. The SMILES string of the molecule is CNCCc1nc(-c2ccccc2C(F)(F)F)cs1. The van der Waals surface area contributed by atoms with Gasteiger partial charge in [0, 0.05) is 23.9 Å². The lowest BCUT2D eigenvalue weighted by atomic mass is 10.1. The van der Waals surface area contributed by atoms with Gasteiger partial charge in [-0.05, 0) is 13.1 Å². The summed E-state index contributed by atoms with van der Waals surface area (Å²) in [6.07, 6.45) is -3.64. The summed E-state index contributed by atoms with van der Waals surface area (Å²) >= 11 is 1.39. The van der Waals surface area contributed by atoms with Crippen LogP contribution in [0.3, 0.4) is 0 Å². The zero-order valence-corrected chi connectivity index (χ0v) is 11.1. The van der Waals surface area contributed by atoms with Crippen LogP contribution in [0.5, 0.6) is 0 Å². The van der Waals surface area contributed by atoms with Crippen LogP contribution < -0.4 is 5.32 Å². The van der Waals surface area contributed by atoms with Crippen molar-refractivity contribution < 1.29 is 13.2 Å². The van der Waals surface area contributed by atoms with Crippen LogP contribution in [-0.2, 0) is 12.6 Å². The number of aromatic nitrogens is 1. The number of nitrogens with one attached hydrogen (secondary N) is 1. The first-order chi connectivity index (χ1) is 9.02. The molecule has 0 atom stereocenters. The van der Waals surface area contributed by atoms with E-state index in [0.29, 0.717) is 5.69 Å². The molecule has 0 unspecified atom stereocenters. The Labute approximate surface area is 113 Å². The fraction of sp³-hybridized carbons (Fsp3) is 0.308. The Bertz CT molecular complexity index is 549. The highest BCUT2D eigenvalue weighted by atomic mass is 32.1. The Kier molecular flexibility index (Phi) is 4.21. The molecule has 0 bridgehead atoms. The molecule has 19 heavy (non-hydrogen) atoms. The zero-order chi connectivity index (χ0) is 13.9. The van der Waals surface area contributed by atoms with E-state index in [0.717, 1.165) is 24.0 Å². The zero-order valence-electron chi connectivity index (χ0n) is 10.3.